The van der Waals surface area contributed by atoms with E-state index in [1.165, 1.54) is 20.9 Å². The van der Waals surface area contributed by atoms with E-state index >= 15 is 0 Å². The molecule has 0 bridgehead atoms. The SMILES string of the molecule is Cc1cccs1.Cc1ccsc1-c1ccc(Cl)cc1. The van der Waals surface area contributed by atoms with Crippen LogP contribution >= 0.6 is 34.3 Å². The van der Waals surface area contributed by atoms with E-state index in [2.05, 4.69) is 54.9 Å². The van der Waals surface area contributed by atoms with E-state index in [0.29, 0.717) is 0 Å². The molecule has 0 fully saturated rings. The summed E-state index contributed by atoms with van der Waals surface area (Å²) in [7, 11) is 0. The zero-order chi connectivity index (χ0) is 13.7. The molecule has 0 nitrogen and oxygen atoms in total. The lowest BCUT2D eigenvalue weighted by molar-refractivity contribution is 1.54. The Bertz CT molecular complexity index is 607. The van der Waals surface area contributed by atoms with Crippen molar-refractivity contribution < 1.29 is 0 Å². The molecule has 2 heterocycles. The van der Waals surface area contributed by atoms with Gasteiger partial charge < -0.3 is 0 Å². The van der Waals surface area contributed by atoms with Crippen LogP contribution in [0, 0.1) is 13.8 Å². The third kappa shape index (κ3) is 4.20. The molecule has 0 aliphatic heterocycles. The number of halogens is 1. The maximum absolute atomic E-state index is 5.82. The predicted octanol–water partition coefficient (Wildman–Crippen LogP) is 6.43. The minimum Gasteiger partial charge on any atom is -0.149 e. The first-order valence-corrected chi connectivity index (χ1v) is 8.10. The number of benzene rings is 1. The highest BCUT2D eigenvalue weighted by Crippen LogP contribution is 2.29. The van der Waals surface area contributed by atoms with Crippen molar-refractivity contribution in [2.75, 3.05) is 0 Å². The Morgan fingerprint density at radius 2 is 1.58 bits per heavy atom. The fraction of sp³-hybridized carbons (Fsp3) is 0.125. The molecule has 0 saturated carbocycles. The van der Waals surface area contributed by atoms with Crippen molar-refractivity contribution in [1.82, 2.24) is 0 Å². The largest absolute Gasteiger partial charge is 0.149 e. The van der Waals surface area contributed by atoms with E-state index < -0.39 is 0 Å². The average Bonchev–Trinajstić information content (AvgIpc) is 3.03. The van der Waals surface area contributed by atoms with Crippen molar-refractivity contribution in [2.45, 2.75) is 13.8 Å². The molecule has 3 rings (SSSR count). The molecule has 0 saturated heterocycles. The summed E-state index contributed by atoms with van der Waals surface area (Å²) in [6, 6.07) is 14.3. The average molecular weight is 307 g/mol. The molecular formula is C16H15ClS2. The van der Waals surface area contributed by atoms with Gasteiger partial charge in [-0.3, -0.25) is 0 Å². The maximum Gasteiger partial charge on any atom is 0.0406 e. The van der Waals surface area contributed by atoms with Gasteiger partial charge in [0.2, 0.25) is 0 Å². The smallest absolute Gasteiger partial charge is 0.0406 e. The lowest BCUT2D eigenvalue weighted by Crippen LogP contribution is -1.74. The van der Waals surface area contributed by atoms with Crippen LogP contribution in [0.15, 0.2) is 53.2 Å². The Labute approximate surface area is 127 Å². The highest BCUT2D eigenvalue weighted by atomic mass is 35.5. The molecule has 0 unspecified atom stereocenters. The molecule has 0 aliphatic rings. The number of hydrogen-bond acceptors (Lipinski definition) is 2. The molecule has 0 aliphatic carbocycles. The van der Waals surface area contributed by atoms with Crippen molar-refractivity contribution in [3.8, 4) is 10.4 Å². The van der Waals surface area contributed by atoms with E-state index in [1.54, 1.807) is 22.7 Å². The third-order valence-corrected chi connectivity index (χ3v) is 4.75. The summed E-state index contributed by atoms with van der Waals surface area (Å²) in [5.74, 6) is 0. The fourth-order valence-electron chi connectivity index (χ4n) is 1.63. The second kappa shape index (κ2) is 6.90. The first kappa shape index (κ1) is 14.3. The zero-order valence-electron chi connectivity index (χ0n) is 10.9. The van der Waals surface area contributed by atoms with Crippen molar-refractivity contribution in [3.05, 3.63) is 68.7 Å². The molecule has 2 aromatic heterocycles. The molecule has 0 spiro atoms. The van der Waals surface area contributed by atoms with E-state index in [0.717, 1.165) is 5.02 Å². The van der Waals surface area contributed by atoms with Crippen LogP contribution in [0.3, 0.4) is 0 Å². The van der Waals surface area contributed by atoms with Crippen LogP contribution in [0.2, 0.25) is 5.02 Å². The Morgan fingerprint density at radius 1 is 0.842 bits per heavy atom. The van der Waals surface area contributed by atoms with Gasteiger partial charge in [0.25, 0.3) is 0 Å². The lowest BCUT2D eigenvalue weighted by atomic mass is 10.1. The van der Waals surface area contributed by atoms with Crippen LogP contribution in [0.5, 0.6) is 0 Å². The zero-order valence-corrected chi connectivity index (χ0v) is 13.3. The number of rotatable bonds is 1. The molecular weight excluding hydrogens is 292 g/mol. The standard InChI is InChI=1S/C11H9ClS.C5H6S/c1-8-6-7-13-11(8)9-2-4-10(12)5-3-9;1-5-3-2-4-6-5/h2-7H,1H3;2-4H,1H3. The predicted molar refractivity (Wildman–Crippen MR) is 88.6 cm³/mol. The van der Waals surface area contributed by atoms with Crippen LogP contribution < -0.4 is 0 Å². The maximum atomic E-state index is 5.82. The van der Waals surface area contributed by atoms with Gasteiger partial charge in [0.05, 0.1) is 0 Å². The fourth-order valence-corrected chi connectivity index (χ4v) is 3.22. The lowest BCUT2D eigenvalue weighted by Gasteiger charge is -1.99. The van der Waals surface area contributed by atoms with Gasteiger partial charge in [0.15, 0.2) is 0 Å². The molecule has 0 radical (unpaired) electrons. The first-order valence-electron chi connectivity index (χ1n) is 5.97. The van der Waals surface area contributed by atoms with Crippen LogP contribution in [-0.4, -0.2) is 0 Å². The highest BCUT2D eigenvalue weighted by Gasteiger charge is 2.01. The Balaban J connectivity index is 0.000000186. The van der Waals surface area contributed by atoms with Gasteiger partial charge in [0.1, 0.15) is 0 Å². The Morgan fingerprint density at radius 3 is 2.00 bits per heavy atom. The first-order chi connectivity index (χ1) is 9.16. The summed E-state index contributed by atoms with van der Waals surface area (Å²) >= 11 is 9.36. The summed E-state index contributed by atoms with van der Waals surface area (Å²) in [4.78, 5) is 2.71. The van der Waals surface area contributed by atoms with Gasteiger partial charge in [-0.15, -0.1) is 22.7 Å². The van der Waals surface area contributed by atoms with E-state index in [-0.39, 0.29) is 0 Å². The van der Waals surface area contributed by atoms with Crippen molar-refractivity contribution >= 4 is 34.3 Å². The van der Waals surface area contributed by atoms with Crippen LogP contribution in [-0.2, 0) is 0 Å². The third-order valence-electron chi connectivity index (χ3n) is 2.63. The number of thiophene rings is 2. The molecule has 98 valence electrons. The minimum atomic E-state index is 0.790. The van der Waals surface area contributed by atoms with Crippen LogP contribution in [0.25, 0.3) is 10.4 Å². The summed E-state index contributed by atoms with van der Waals surface area (Å²) < 4.78 is 0. The second-order valence-electron chi connectivity index (χ2n) is 4.16. The molecule has 1 aromatic carbocycles. The monoisotopic (exact) mass is 306 g/mol. The molecule has 3 aromatic rings. The Hall–Kier alpha value is -1.09. The summed E-state index contributed by atoms with van der Waals surface area (Å²) in [6.07, 6.45) is 0. The summed E-state index contributed by atoms with van der Waals surface area (Å²) in [5, 5.41) is 4.98. The van der Waals surface area contributed by atoms with Gasteiger partial charge in [-0.1, -0.05) is 29.8 Å². The molecule has 0 atom stereocenters. The number of hydrogen-bond donors (Lipinski definition) is 0. The van der Waals surface area contributed by atoms with Crippen molar-refractivity contribution in [2.24, 2.45) is 0 Å². The van der Waals surface area contributed by atoms with Gasteiger partial charge in [-0.05, 0) is 60.0 Å². The van der Waals surface area contributed by atoms with Crippen LogP contribution in [0.4, 0.5) is 0 Å². The van der Waals surface area contributed by atoms with Crippen LogP contribution in [0.1, 0.15) is 10.4 Å². The Kier molecular flexibility index (Phi) is 5.20. The molecule has 3 heteroatoms. The molecule has 0 N–H and O–H groups in total. The topological polar surface area (TPSA) is 0 Å². The quantitative estimate of drug-likeness (QED) is 0.485. The second-order valence-corrected chi connectivity index (χ2v) is 6.67. The van der Waals surface area contributed by atoms with E-state index in [4.69, 9.17) is 11.6 Å². The highest BCUT2D eigenvalue weighted by molar-refractivity contribution is 7.13. The summed E-state index contributed by atoms with van der Waals surface area (Å²) in [6.45, 7) is 4.23. The summed E-state index contributed by atoms with van der Waals surface area (Å²) in [5.41, 5.74) is 2.57. The van der Waals surface area contributed by atoms with Gasteiger partial charge in [0, 0.05) is 14.8 Å². The van der Waals surface area contributed by atoms with Gasteiger partial charge >= 0.3 is 0 Å². The van der Waals surface area contributed by atoms with E-state index in [9.17, 15) is 0 Å². The number of aryl methyl sites for hydroxylation is 2. The minimum absolute atomic E-state index is 0.790. The van der Waals surface area contributed by atoms with Crippen molar-refractivity contribution in [3.63, 3.8) is 0 Å². The van der Waals surface area contributed by atoms with Gasteiger partial charge in [-0.2, -0.15) is 0 Å². The van der Waals surface area contributed by atoms with Crippen molar-refractivity contribution in [1.29, 1.82) is 0 Å². The van der Waals surface area contributed by atoms with E-state index in [1.807, 2.05) is 12.1 Å². The van der Waals surface area contributed by atoms with Gasteiger partial charge in [-0.25, -0.2) is 0 Å². The molecule has 0 amide bonds. The molecule has 19 heavy (non-hydrogen) atoms. The normalized spacial score (nSPS) is 9.84.